The van der Waals surface area contributed by atoms with Crippen LogP contribution in [0.2, 0.25) is 0 Å². The summed E-state index contributed by atoms with van der Waals surface area (Å²) >= 11 is 0. The van der Waals surface area contributed by atoms with Crippen molar-refractivity contribution in [2.45, 2.75) is 26.2 Å². The minimum atomic E-state index is -0.177. The van der Waals surface area contributed by atoms with Crippen LogP contribution < -0.4 is 10.6 Å². The van der Waals surface area contributed by atoms with E-state index in [1.54, 1.807) is 4.90 Å². The Hall–Kier alpha value is -1.98. The van der Waals surface area contributed by atoms with Crippen LogP contribution >= 0.6 is 0 Å². The molecule has 5 heteroatoms. The molecule has 110 valence electrons. The van der Waals surface area contributed by atoms with Crippen molar-refractivity contribution in [1.82, 2.24) is 15.5 Å². The molecule has 0 aromatic carbocycles. The number of rotatable bonds is 10. The maximum Gasteiger partial charge on any atom is 0.234 e. The summed E-state index contributed by atoms with van der Waals surface area (Å²) in [4.78, 5) is 25.1. The van der Waals surface area contributed by atoms with Gasteiger partial charge in [-0.15, -0.1) is 12.8 Å². The first kappa shape index (κ1) is 18.0. The van der Waals surface area contributed by atoms with Crippen molar-refractivity contribution in [3.63, 3.8) is 0 Å². The zero-order valence-corrected chi connectivity index (χ0v) is 12.1. The Morgan fingerprint density at radius 3 is 1.90 bits per heavy atom. The van der Waals surface area contributed by atoms with E-state index in [-0.39, 0.29) is 38.0 Å². The third-order valence-corrected chi connectivity index (χ3v) is 2.59. The van der Waals surface area contributed by atoms with E-state index >= 15 is 0 Å². The van der Waals surface area contributed by atoms with Gasteiger partial charge in [0.05, 0.1) is 26.2 Å². The molecule has 0 saturated carbocycles. The molecule has 5 nitrogen and oxygen atoms in total. The molecule has 0 aliphatic rings. The minimum Gasteiger partial charge on any atom is -0.344 e. The van der Waals surface area contributed by atoms with Crippen molar-refractivity contribution in [2.24, 2.45) is 0 Å². The van der Waals surface area contributed by atoms with Crippen LogP contribution in [0.3, 0.4) is 0 Å². The lowest BCUT2D eigenvalue weighted by atomic mass is 10.2. The second kappa shape index (κ2) is 12.1. The Labute approximate surface area is 121 Å². The standard InChI is InChI=1S/C15H23N3O2/c1-4-7-8-11-18(12-14(19)16-9-5-2)13-15(20)17-10-6-3/h2-3H,4,7-13H2,1H3,(H,16,19)(H,17,20). The number of amides is 2. The molecule has 0 aromatic heterocycles. The molecule has 2 amide bonds. The molecule has 2 N–H and O–H groups in total. The molecule has 0 aliphatic heterocycles. The zero-order valence-electron chi connectivity index (χ0n) is 12.1. The number of carbonyl (C=O) groups is 2. The SMILES string of the molecule is C#CCNC(=O)CN(CCCCC)CC(=O)NCC#C. The highest BCUT2D eigenvalue weighted by atomic mass is 16.2. The van der Waals surface area contributed by atoms with Gasteiger partial charge in [0.25, 0.3) is 0 Å². The molecule has 0 spiro atoms. The fourth-order valence-corrected chi connectivity index (χ4v) is 1.62. The summed E-state index contributed by atoms with van der Waals surface area (Å²) in [6.45, 7) is 3.52. The number of carbonyl (C=O) groups excluding carboxylic acids is 2. The number of hydrogen-bond acceptors (Lipinski definition) is 3. The second-order valence-electron chi connectivity index (χ2n) is 4.38. The van der Waals surface area contributed by atoms with Crippen molar-refractivity contribution in [3.8, 4) is 24.7 Å². The molecule has 0 unspecified atom stereocenters. The third kappa shape index (κ3) is 9.99. The predicted octanol–water partition coefficient (Wildman–Crippen LogP) is -0.0226. The molecule has 0 radical (unpaired) electrons. The van der Waals surface area contributed by atoms with E-state index in [0.717, 1.165) is 19.3 Å². The van der Waals surface area contributed by atoms with Crippen LogP contribution in [0.1, 0.15) is 26.2 Å². The first-order valence-corrected chi connectivity index (χ1v) is 6.76. The average molecular weight is 277 g/mol. The Kier molecular flexibility index (Phi) is 10.9. The number of unbranched alkanes of at least 4 members (excludes halogenated alkanes) is 2. The summed E-state index contributed by atoms with van der Waals surface area (Å²) in [7, 11) is 0. The zero-order chi connectivity index (χ0) is 15.2. The van der Waals surface area contributed by atoms with Gasteiger partial charge in [-0.1, -0.05) is 31.6 Å². The van der Waals surface area contributed by atoms with Crippen molar-refractivity contribution >= 4 is 11.8 Å². The molecule has 0 aliphatic carbocycles. The Morgan fingerprint density at radius 1 is 1.00 bits per heavy atom. The van der Waals surface area contributed by atoms with Crippen LogP contribution in [0.25, 0.3) is 0 Å². The van der Waals surface area contributed by atoms with Crippen molar-refractivity contribution < 1.29 is 9.59 Å². The Balaban J connectivity index is 4.25. The van der Waals surface area contributed by atoms with E-state index in [4.69, 9.17) is 12.8 Å². The summed E-state index contributed by atoms with van der Waals surface area (Å²) < 4.78 is 0. The van der Waals surface area contributed by atoms with Crippen LogP contribution in [0.4, 0.5) is 0 Å². The van der Waals surface area contributed by atoms with Gasteiger partial charge in [0.2, 0.25) is 11.8 Å². The second-order valence-corrected chi connectivity index (χ2v) is 4.38. The normalized spacial score (nSPS) is 9.60. The van der Waals surface area contributed by atoms with Crippen LogP contribution in [-0.2, 0) is 9.59 Å². The summed E-state index contributed by atoms with van der Waals surface area (Å²) in [5.74, 6) is 4.33. The molecule has 0 aromatic rings. The lowest BCUT2D eigenvalue weighted by molar-refractivity contribution is -0.124. The summed E-state index contributed by atoms with van der Waals surface area (Å²) in [6, 6.07) is 0. The van der Waals surface area contributed by atoms with Gasteiger partial charge in [-0.05, 0) is 13.0 Å². The molecular formula is C15H23N3O2. The summed E-state index contributed by atoms with van der Waals surface area (Å²) in [5.41, 5.74) is 0. The quantitative estimate of drug-likeness (QED) is 0.436. The molecule has 0 bridgehead atoms. The fourth-order valence-electron chi connectivity index (χ4n) is 1.62. The minimum absolute atomic E-state index is 0.162. The number of nitrogens with one attached hydrogen (secondary N) is 2. The number of nitrogens with zero attached hydrogens (tertiary/aromatic N) is 1. The van der Waals surface area contributed by atoms with Gasteiger partial charge in [0.15, 0.2) is 0 Å². The van der Waals surface area contributed by atoms with E-state index in [0.29, 0.717) is 6.54 Å². The smallest absolute Gasteiger partial charge is 0.234 e. The third-order valence-electron chi connectivity index (χ3n) is 2.59. The molecule has 0 heterocycles. The van der Waals surface area contributed by atoms with Crippen LogP contribution in [0, 0.1) is 24.7 Å². The molecule has 0 atom stereocenters. The van der Waals surface area contributed by atoms with E-state index in [9.17, 15) is 9.59 Å². The maximum absolute atomic E-state index is 11.6. The largest absolute Gasteiger partial charge is 0.344 e. The maximum atomic E-state index is 11.6. The van der Waals surface area contributed by atoms with Crippen LogP contribution in [0.5, 0.6) is 0 Å². The van der Waals surface area contributed by atoms with Crippen LogP contribution in [-0.4, -0.2) is 49.4 Å². The highest BCUT2D eigenvalue weighted by Crippen LogP contribution is 1.98. The first-order chi connectivity index (χ1) is 9.63. The van der Waals surface area contributed by atoms with Gasteiger partial charge >= 0.3 is 0 Å². The van der Waals surface area contributed by atoms with E-state index < -0.39 is 0 Å². The highest BCUT2D eigenvalue weighted by molar-refractivity contribution is 5.81. The van der Waals surface area contributed by atoms with E-state index in [1.165, 1.54) is 0 Å². The van der Waals surface area contributed by atoms with E-state index in [1.807, 2.05) is 0 Å². The van der Waals surface area contributed by atoms with Gasteiger partial charge in [0.1, 0.15) is 0 Å². The van der Waals surface area contributed by atoms with Crippen molar-refractivity contribution in [3.05, 3.63) is 0 Å². The molecule has 0 saturated heterocycles. The van der Waals surface area contributed by atoms with Crippen molar-refractivity contribution in [1.29, 1.82) is 0 Å². The fraction of sp³-hybridized carbons (Fsp3) is 0.600. The molecular weight excluding hydrogens is 254 g/mol. The monoisotopic (exact) mass is 277 g/mol. The van der Waals surface area contributed by atoms with Gasteiger partial charge in [-0.3, -0.25) is 14.5 Å². The highest BCUT2D eigenvalue weighted by Gasteiger charge is 2.13. The van der Waals surface area contributed by atoms with Gasteiger partial charge in [-0.25, -0.2) is 0 Å². The topological polar surface area (TPSA) is 61.4 Å². The van der Waals surface area contributed by atoms with Gasteiger partial charge in [0, 0.05) is 0 Å². The Morgan fingerprint density at radius 2 is 1.50 bits per heavy atom. The summed E-state index contributed by atoms with van der Waals surface area (Å²) in [5, 5.41) is 5.18. The van der Waals surface area contributed by atoms with Crippen molar-refractivity contribution in [2.75, 3.05) is 32.7 Å². The number of hydrogen-bond donors (Lipinski definition) is 2. The molecule has 20 heavy (non-hydrogen) atoms. The van der Waals surface area contributed by atoms with E-state index in [2.05, 4.69) is 29.4 Å². The van der Waals surface area contributed by atoms with Gasteiger partial charge in [-0.2, -0.15) is 0 Å². The van der Waals surface area contributed by atoms with Crippen LogP contribution in [0.15, 0.2) is 0 Å². The Bertz CT molecular complexity index is 348. The lowest BCUT2D eigenvalue weighted by Crippen LogP contribution is -2.43. The van der Waals surface area contributed by atoms with Gasteiger partial charge < -0.3 is 10.6 Å². The molecule has 0 fully saturated rings. The predicted molar refractivity (Wildman–Crippen MR) is 79.7 cm³/mol. The number of terminal acetylenes is 2. The lowest BCUT2D eigenvalue weighted by Gasteiger charge is -2.20. The summed E-state index contributed by atoms with van der Waals surface area (Å²) in [6.07, 6.45) is 13.3. The first-order valence-electron chi connectivity index (χ1n) is 6.76. The molecule has 0 rings (SSSR count). The average Bonchev–Trinajstić information content (AvgIpc) is 2.43.